The van der Waals surface area contributed by atoms with Gasteiger partial charge in [0.15, 0.2) is 18.1 Å². The van der Waals surface area contributed by atoms with Gasteiger partial charge in [0.1, 0.15) is 5.75 Å². The number of nitrogens with one attached hydrogen (secondary N) is 1. The Bertz CT molecular complexity index is 1360. The number of ether oxygens (including phenoxy) is 4. The molecule has 0 saturated carbocycles. The SMILES string of the molecule is C=C1C[C@H]2C/C=C/C(=O)C/C(C)=C\C=C\C(=O)O[C@H]([C@H](NC(=O)/C=C\C=C\C)OCc3ccc(OC)cc3)C/C(C)=C/[C@@H](C1)O2. The van der Waals surface area contributed by atoms with E-state index in [4.69, 9.17) is 18.9 Å². The first-order valence-corrected chi connectivity index (χ1v) is 15.2. The van der Waals surface area contributed by atoms with Gasteiger partial charge in [0.2, 0.25) is 5.91 Å². The van der Waals surface area contributed by atoms with Crippen molar-refractivity contribution in [1.82, 2.24) is 5.32 Å². The summed E-state index contributed by atoms with van der Waals surface area (Å²) in [5.74, 6) is -0.323. The van der Waals surface area contributed by atoms with E-state index in [-0.39, 0.29) is 37.4 Å². The fraction of sp³-hybridized carbons (Fsp3) is 0.378. The Morgan fingerprint density at radius 3 is 2.60 bits per heavy atom. The molecule has 0 aliphatic carbocycles. The standard InChI is InChI=1S/C37H45NO7/c1-6-7-8-14-35(40)38-37(43-25-29-16-18-31(42-5)19-17-29)34-24-28(4)23-33-22-27(3)21-32(44-33)13-10-12-30(39)20-26(2)11-9-15-36(41)45-34/h6-12,14-19,23,32-34,37H,3,13,20-22,24-25H2,1-2,4-5H3,(H,38,40)/b7-6+,12-10+,14-8-,15-9+,26-11-,28-23+/t32-,33-,34+,37-/m1/s1. The Morgan fingerprint density at radius 2 is 1.87 bits per heavy atom. The maximum atomic E-state index is 13.0. The maximum absolute atomic E-state index is 13.0. The molecular weight excluding hydrogens is 570 g/mol. The third-order valence-corrected chi connectivity index (χ3v) is 7.17. The Labute approximate surface area is 266 Å². The van der Waals surface area contributed by atoms with Gasteiger partial charge in [-0.25, -0.2) is 4.79 Å². The molecular formula is C37H45NO7. The van der Waals surface area contributed by atoms with Crippen LogP contribution in [0.1, 0.15) is 58.4 Å². The van der Waals surface area contributed by atoms with Crippen LogP contribution in [-0.4, -0.2) is 49.3 Å². The van der Waals surface area contributed by atoms with Crippen molar-refractivity contribution in [2.45, 2.75) is 84.0 Å². The van der Waals surface area contributed by atoms with Crippen LogP contribution in [0.3, 0.4) is 0 Å². The lowest BCUT2D eigenvalue weighted by Gasteiger charge is -2.31. The van der Waals surface area contributed by atoms with Gasteiger partial charge in [0.05, 0.1) is 25.9 Å². The number of amides is 1. The monoisotopic (exact) mass is 615 g/mol. The molecule has 0 radical (unpaired) electrons. The number of esters is 1. The third-order valence-electron chi connectivity index (χ3n) is 7.17. The van der Waals surface area contributed by atoms with Crippen LogP contribution in [0.4, 0.5) is 0 Å². The van der Waals surface area contributed by atoms with E-state index in [1.54, 1.807) is 37.5 Å². The van der Waals surface area contributed by atoms with E-state index in [1.165, 1.54) is 12.2 Å². The van der Waals surface area contributed by atoms with Crippen molar-refractivity contribution in [3.63, 3.8) is 0 Å². The second kappa shape index (κ2) is 18.5. The van der Waals surface area contributed by atoms with Crippen LogP contribution < -0.4 is 10.1 Å². The number of carbonyl (C=O) groups excluding carboxylic acids is 3. The predicted molar refractivity (Wildman–Crippen MR) is 175 cm³/mol. The van der Waals surface area contributed by atoms with Crippen LogP contribution in [-0.2, 0) is 35.2 Å². The summed E-state index contributed by atoms with van der Waals surface area (Å²) >= 11 is 0. The highest BCUT2D eigenvalue weighted by molar-refractivity contribution is 5.91. The van der Waals surface area contributed by atoms with E-state index in [1.807, 2.05) is 63.3 Å². The zero-order valence-corrected chi connectivity index (χ0v) is 26.7. The Balaban J connectivity index is 1.94. The average molecular weight is 616 g/mol. The van der Waals surface area contributed by atoms with Gasteiger partial charge in [-0.3, -0.25) is 9.59 Å². The first-order valence-electron chi connectivity index (χ1n) is 15.2. The topological polar surface area (TPSA) is 100 Å². The number of hydrogen-bond donors (Lipinski definition) is 1. The molecule has 1 aromatic carbocycles. The van der Waals surface area contributed by atoms with Gasteiger partial charge in [-0.05, 0) is 63.8 Å². The van der Waals surface area contributed by atoms with Gasteiger partial charge < -0.3 is 24.3 Å². The van der Waals surface area contributed by atoms with Crippen LogP contribution in [0.25, 0.3) is 0 Å². The van der Waals surface area contributed by atoms with E-state index >= 15 is 0 Å². The summed E-state index contributed by atoms with van der Waals surface area (Å²) in [4.78, 5) is 38.4. The fourth-order valence-corrected chi connectivity index (χ4v) is 5.00. The normalized spacial score (nSPS) is 26.5. The van der Waals surface area contributed by atoms with E-state index in [0.29, 0.717) is 18.6 Å². The molecule has 2 bridgehead atoms. The number of carbonyl (C=O) groups is 3. The van der Waals surface area contributed by atoms with Crippen molar-refractivity contribution in [2.75, 3.05) is 7.11 Å². The van der Waals surface area contributed by atoms with Crippen LogP contribution in [0.5, 0.6) is 5.75 Å². The van der Waals surface area contributed by atoms with E-state index in [0.717, 1.165) is 28.7 Å². The van der Waals surface area contributed by atoms with Gasteiger partial charge in [0, 0.05) is 25.0 Å². The Hall–Kier alpha value is -4.27. The summed E-state index contributed by atoms with van der Waals surface area (Å²) in [7, 11) is 1.60. The van der Waals surface area contributed by atoms with Crippen LogP contribution >= 0.6 is 0 Å². The van der Waals surface area contributed by atoms with E-state index < -0.39 is 24.2 Å². The third kappa shape index (κ3) is 13.1. The predicted octanol–water partition coefficient (Wildman–Crippen LogP) is 6.56. The quantitative estimate of drug-likeness (QED) is 0.116. The molecule has 240 valence electrons. The first kappa shape index (κ1) is 35.2. The molecule has 1 N–H and O–H groups in total. The van der Waals surface area contributed by atoms with Crippen molar-refractivity contribution in [3.05, 3.63) is 114 Å². The molecule has 0 spiro atoms. The van der Waals surface area contributed by atoms with Crippen molar-refractivity contribution in [3.8, 4) is 5.75 Å². The van der Waals surface area contributed by atoms with Crippen molar-refractivity contribution in [2.24, 2.45) is 0 Å². The lowest BCUT2D eigenvalue weighted by molar-refractivity contribution is -0.157. The minimum absolute atomic E-state index is 0.0288. The van der Waals surface area contributed by atoms with Crippen molar-refractivity contribution in [1.29, 1.82) is 0 Å². The molecule has 1 amide bonds. The highest BCUT2D eigenvalue weighted by Gasteiger charge is 2.29. The summed E-state index contributed by atoms with van der Waals surface area (Å²) in [5, 5.41) is 2.87. The van der Waals surface area contributed by atoms with Crippen LogP contribution in [0.2, 0.25) is 0 Å². The second-order valence-electron chi connectivity index (χ2n) is 11.3. The smallest absolute Gasteiger partial charge is 0.331 e. The number of ketones is 1. The molecule has 8 nitrogen and oxygen atoms in total. The van der Waals surface area contributed by atoms with Crippen LogP contribution in [0.15, 0.2) is 108 Å². The van der Waals surface area contributed by atoms with Gasteiger partial charge in [-0.2, -0.15) is 0 Å². The number of methoxy groups -OCH3 is 1. The molecule has 45 heavy (non-hydrogen) atoms. The summed E-state index contributed by atoms with van der Waals surface area (Å²) in [6.07, 6.45) is 16.9. The van der Waals surface area contributed by atoms with Gasteiger partial charge in [-0.15, -0.1) is 0 Å². The lowest BCUT2D eigenvalue weighted by Crippen LogP contribution is -2.46. The number of cyclic esters (lactones) is 1. The highest BCUT2D eigenvalue weighted by Crippen LogP contribution is 2.28. The largest absolute Gasteiger partial charge is 0.497 e. The molecule has 1 saturated heterocycles. The molecule has 1 fully saturated rings. The number of allylic oxidation sites excluding steroid dienone is 7. The summed E-state index contributed by atoms with van der Waals surface area (Å²) in [6, 6.07) is 7.38. The van der Waals surface area contributed by atoms with Crippen molar-refractivity contribution >= 4 is 17.7 Å². The molecule has 1 aromatic rings. The van der Waals surface area contributed by atoms with Gasteiger partial charge in [-0.1, -0.05) is 78.0 Å². The molecule has 2 aliphatic heterocycles. The Kier molecular flexibility index (Phi) is 14.5. The lowest BCUT2D eigenvalue weighted by atomic mass is 9.95. The summed E-state index contributed by atoms with van der Waals surface area (Å²) < 4.78 is 23.7. The molecule has 8 heteroatoms. The molecule has 4 atom stereocenters. The zero-order chi connectivity index (χ0) is 32.6. The Morgan fingerprint density at radius 1 is 1.09 bits per heavy atom. The second-order valence-corrected chi connectivity index (χ2v) is 11.3. The minimum atomic E-state index is -0.976. The number of rotatable bonds is 8. The molecule has 3 rings (SSSR count). The molecule has 2 heterocycles. The number of fused-ring (bicyclic) bond motifs is 2. The first-order chi connectivity index (χ1) is 21.6. The van der Waals surface area contributed by atoms with Gasteiger partial charge in [0.25, 0.3) is 0 Å². The fourth-order valence-electron chi connectivity index (χ4n) is 5.00. The number of benzene rings is 1. The van der Waals surface area contributed by atoms with Gasteiger partial charge >= 0.3 is 5.97 Å². The highest BCUT2D eigenvalue weighted by atomic mass is 16.6. The number of hydrogen-bond acceptors (Lipinski definition) is 7. The maximum Gasteiger partial charge on any atom is 0.331 e. The van der Waals surface area contributed by atoms with Crippen molar-refractivity contribution < 1.29 is 33.3 Å². The zero-order valence-electron chi connectivity index (χ0n) is 26.7. The van der Waals surface area contributed by atoms with E-state index in [2.05, 4.69) is 11.9 Å². The van der Waals surface area contributed by atoms with E-state index in [9.17, 15) is 14.4 Å². The summed E-state index contributed by atoms with van der Waals surface area (Å²) in [6.45, 7) is 9.97. The molecule has 0 unspecified atom stereocenters. The van der Waals surface area contributed by atoms with Crippen LogP contribution in [0, 0.1) is 0 Å². The molecule has 2 aliphatic rings. The summed E-state index contributed by atoms with van der Waals surface area (Å²) in [5.41, 5.74) is 3.62. The minimum Gasteiger partial charge on any atom is -0.497 e. The molecule has 0 aromatic heterocycles. The average Bonchev–Trinajstić information content (AvgIpc) is 2.98.